The number of carboxylic acids is 1. The van der Waals surface area contributed by atoms with E-state index in [0.717, 1.165) is 5.56 Å². The molecule has 0 bridgehead atoms. The summed E-state index contributed by atoms with van der Waals surface area (Å²) in [6, 6.07) is 6.17. The van der Waals surface area contributed by atoms with Gasteiger partial charge in [0.15, 0.2) is 0 Å². The molecule has 0 saturated heterocycles. The van der Waals surface area contributed by atoms with Crippen LogP contribution in [0, 0.1) is 0 Å². The van der Waals surface area contributed by atoms with Gasteiger partial charge >= 0.3 is 5.97 Å². The summed E-state index contributed by atoms with van der Waals surface area (Å²) in [5.74, 6) is -1.31. The number of aliphatic carboxylic acids is 1. The predicted molar refractivity (Wildman–Crippen MR) is 69.0 cm³/mol. The molecule has 1 rings (SSSR count). The highest BCUT2D eigenvalue weighted by atomic mass is 16.4. The number of nitrogen functional groups attached to an aromatic ring is 1. The van der Waals surface area contributed by atoms with Gasteiger partial charge in [0, 0.05) is 5.69 Å². The van der Waals surface area contributed by atoms with Crippen molar-refractivity contribution in [3.05, 3.63) is 29.8 Å². The van der Waals surface area contributed by atoms with Gasteiger partial charge in [-0.05, 0) is 24.1 Å². The summed E-state index contributed by atoms with van der Waals surface area (Å²) in [7, 11) is 0. The van der Waals surface area contributed by atoms with E-state index in [4.69, 9.17) is 10.8 Å². The first kappa shape index (κ1) is 14.0. The van der Waals surface area contributed by atoms with E-state index in [1.165, 1.54) is 0 Å². The van der Waals surface area contributed by atoms with Crippen molar-refractivity contribution in [2.75, 3.05) is 5.73 Å². The maximum atomic E-state index is 11.7. The van der Waals surface area contributed by atoms with Crippen molar-refractivity contribution in [2.45, 2.75) is 32.2 Å². The van der Waals surface area contributed by atoms with Crippen LogP contribution in [0.3, 0.4) is 0 Å². The van der Waals surface area contributed by atoms with Gasteiger partial charge in [-0.1, -0.05) is 25.5 Å². The van der Waals surface area contributed by atoms with E-state index in [1.807, 2.05) is 6.92 Å². The Balaban J connectivity index is 2.57. The van der Waals surface area contributed by atoms with Crippen LogP contribution in [0.15, 0.2) is 24.3 Å². The molecule has 98 valence electrons. The Labute approximate surface area is 106 Å². The molecular weight excluding hydrogens is 232 g/mol. The molecule has 0 heterocycles. The second-order valence-corrected chi connectivity index (χ2v) is 4.17. The first-order chi connectivity index (χ1) is 8.52. The van der Waals surface area contributed by atoms with Gasteiger partial charge in [0.05, 0.1) is 6.42 Å². The highest BCUT2D eigenvalue weighted by Gasteiger charge is 2.18. The Morgan fingerprint density at radius 2 is 2.17 bits per heavy atom. The minimum Gasteiger partial charge on any atom is -0.480 e. The summed E-state index contributed by atoms with van der Waals surface area (Å²) in [4.78, 5) is 22.6. The van der Waals surface area contributed by atoms with Crippen molar-refractivity contribution in [1.82, 2.24) is 5.32 Å². The van der Waals surface area contributed by atoms with E-state index >= 15 is 0 Å². The van der Waals surface area contributed by atoms with E-state index in [-0.39, 0.29) is 12.3 Å². The lowest BCUT2D eigenvalue weighted by atomic mass is 10.1. The van der Waals surface area contributed by atoms with Gasteiger partial charge in [-0.3, -0.25) is 4.79 Å². The van der Waals surface area contributed by atoms with Gasteiger partial charge in [-0.15, -0.1) is 0 Å². The number of hydrogen-bond acceptors (Lipinski definition) is 3. The minimum atomic E-state index is -1.00. The van der Waals surface area contributed by atoms with Crippen LogP contribution in [-0.4, -0.2) is 23.0 Å². The van der Waals surface area contributed by atoms with Gasteiger partial charge in [-0.25, -0.2) is 4.79 Å². The fraction of sp³-hybridized carbons (Fsp3) is 0.385. The van der Waals surface area contributed by atoms with Gasteiger partial charge in [0.25, 0.3) is 0 Å². The summed E-state index contributed by atoms with van der Waals surface area (Å²) in [5.41, 5.74) is 6.96. The number of hydrogen-bond donors (Lipinski definition) is 3. The maximum Gasteiger partial charge on any atom is 0.326 e. The lowest BCUT2D eigenvalue weighted by molar-refractivity contribution is -0.141. The van der Waals surface area contributed by atoms with Crippen molar-refractivity contribution in [3.8, 4) is 0 Å². The van der Waals surface area contributed by atoms with Crippen LogP contribution in [0.2, 0.25) is 0 Å². The van der Waals surface area contributed by atoms with Crippen LogP contribution in [0.4, 0.5) is 5.69 Å². The molecule has 0 spiro atoms. The molecule has 1 aromatic carbocycles. The summed E-state index contributed by atoms with van der Waals surface area (Å²) in [6.07, 6.45) is 1.27. The Kier molecular flexibility index (Phi) is 5.17. The molecule has 5 heteroatoms. The molecule has 0 saturated carbocycles. The monoisotopic (exact) mass is 250 g/mol. The van der Waals surface area contributed by atoms with Crippen LogP contribution in [0.25, 0.3) is 0 Å². The molecule has 4 N–H and O–H groups in total. The zero-order valence-corrected chi connectivity index (χ0v) is 10.3. The summed E-state index contributed by atoms with van der Waals surface area (Å²) < 4.78 is 0. The Bertz CT molecular complexity index is 432. The minimum absolute atomic E-state index is 0.137. The number of carboxylic acid groups (broad SMARTS) is 1. The number of nitrogens with two attached hydrogens (primary N) is 1. The highest BCUT2D eigenvalue weighted by Crippen LogP contribution is 2.07. The molecule has 0 aliphatic rings. The Morgan fingerprint density at radius 3 is 2.72 bits per heavy atom. The molecule has 1 aromatic rings. The second kappa shape index (κ2) is 6.64. The number of nitrogens with one attached hydrogen (secondary N) is 1. The fourth-order valence-electron chi connectivity index (χ4n) is 1.68. The average molecular weight is 250 g/mol. The number of anilines is 1. The molecule has 1 atom stereocenters. The molecule has 1 amide bonds. The number of rotatable bonds is 6. The molecule has 5 nitrogen and oxygen atoms in total. The Hall–Kier alpha value is -2.04. The first-order valence-electron chi connectivity index (χ1n) is 5.89. The fourth-order valence-corrected chi connectivity index (χ4v) is 1.68. The average Bonchev–Trinajstić information content (AvgIpc) is 2.28. The van der Waals surface area contributed by atoms with Crippen molar-refractivity contribution in [2.24, 2.45) is 0 Å². The van der Waals surface area contributed by atoms with E-state index in [2.05, 4.69) is 5.32 Å². The van der Waals surface area contributed by atoms with Crippen molar-refractivity contribution >= 4 is 17.6 Å². The standard InChI is InChI=1S/C13H18N2O3/c1-2-4-11(13(17)18)15-12(16)8-9-5-3-6-10(14)7-9/h3,5-7,11H,2,4,8,14H2,1H3,(H,15,16)(H,17,18)/t11-/m0/s1. The third kappa shape index (κ3) is 4.45. The van der Waals surface area contributed by atoms with E-state index < -0.39 is 12.0 Å². The zero-order chi connectivity index (χ0) is 13.5. The predicted octanol–water partition coefficient (Wildman–Crippen LogP) is 1.18. The van der Waals surface area contributed by atoms with Crippen LogP contribution < -0.4 is 11.1 Å². The van der Waals surface area contributed by atoms with Crippen LogP contribution >= 0.6 is 0 Å². The number of carbonyl (C=O) groups excluding carboxylic acids is 1. The van der Waals surface area contributed by atoms with Crippen LogP contribution in [-0.2, 0) is 16.0 Å². The summed E-state index contributed by atoms with van der Waals surface area (Å²) in [6.45, 7) is 1.87. The van der Waals surface area contributed by atoms with Gasteiger partial charge in [0.2, 0.25) is 5.91 Å². The molecular formula is C13H18N2O3. The quantitative estimate of drug-likeness (QED) is 0.661. The first-order valence-corrected chi connectivity index (χ1v) is 5.89. The van der Waals surface area contributed by atoms with Gasteiger partial charge in [0.1, 0.15) is 6.04 Å². The van der Waals surface area contributed by atoms with Crippen molar-refractivity contribution in [1.29, 1.82) is 0 Å². The molecule has 0 radical (unpaired) electrons. The molecule has 0 aliphatic heterocycles. The van der Waals surface area contributed by atoms with Crippen molar-refractivity contribution < 1.29 is 14.7 Å². The topological polar surface area (TPSA) is 92.4 Å². The summed E-state index contributed by atoms with van der Waals surface area (Å²) in [5, 5.41) is 11.4. The third-order valence-electron chi connectivity index (χ3n) is 2.53. The normalized spacial score (nSPS) is 11.8. The summed E-state index contributed by atoms with van der Waals surface area (Å²) >= 11 is 0. The molecule has 0 unspecified atom stereocenters. The Morgan fingerprint density at radius 1 is 1.44 bits per heavy atom. The maximum absolute atomic E-state index is 11.7. The number of carbonyl (C=O) groups is 2. The largest absolute Gasteiger partial charge is 0.480 e. The number of benzene rings is 1. The smallest absolute Gasteiger partial charge is 0.326 e. The molecule has 0 aromatic heterocycles. The zero-order valence-electron chi connectivity index (χ0n) is 10.3. The highest BCUT2D eigenvalue weighted by molar-refractivity contribution is 5.84. The van der Waals surface area contributed by atoms with Crippen LogP contribution in [0.1, 0.15) is 25.3 Å². The van der Waals surface area contributed by atoms with E-state index in [9.17, 15) is 9.59 Å². The second-order valence-electron chi connectivity index (χ2n) is 4.17. The molecule has 0 aliphatic carbocycles. The van der Waals surface area contributed by atoms with Crippen molar-refractivity contribution in [3.63, 3.8) is 0 Å². The van der Waals surface area contributed by atoms with Crippen LogP contribution in [0.5, 0.6) is 0 Å². The lowest BCUT2D eigenvalue weighted by Crippen LogP contribution is -2.41. The molecule has 0 fully saturated rings. The SMILES string of the molecule is CCC[C@H](NC(=O)Cc1cccc(N)c1)C(=O)O. The van der Waals surface area contributed by atoms with Gasteiger partial charge < -0.3 is 16.2 Å². The van der Waals surface area contributed by atoms with E-state index in [1.54, 1.807) is 24.3 Å². The lowest BCUT2D eigenvalue weighted by Gasteiger charge is -2.13. The third-order valence-corrected chi connectivity index (χ3v) is 2.53. The van der Waals surface area contributed by atoms with Gasteiger partial charge in [-0.2, -0.15) is 0 Å². The molecule has 18 heavy (non-hydrogen) atoms. The number of amides is 1. The van der Waals surface area contributed by atoms with E-state index in [0.29, 0.717) is 18.5 Å².